The summed E-state index contributed by atoms with van der Waals surface area (Å²) in [6.07, 6.45) is 3.94. The molecule has 0 aliphatic carbocycles. The minimum Gasteiger partial charge on any atom is -0.325 e. The summed E-state index contributed by atoms with van der Waals surface area (Å²) in [5.74, 6) is -0.135. The van der Waals surface area contributed by atoms with Crippen LogP contribution < -0.4 is 5.32 Å². The van der Waals surface area contributed by atoms with Crippen LogP contribution in [0, 0.1) is 0 Å². The quantitative estimate of drug-likeness (QED) is 0.777. The van der Waals surface area contributed by atoms with Gasteiger partial charge >= 0.3 is 0 Å². The predicted octanol–water partition coefficient (Wildman–Crippen LogP) is 2.14. The number of carbonyl (C=O) groups is 1. The van der Waals surface area contributed by atoms with E-state index in [1.54, 1.807) is 18.2 Å². The lowest BCUT2D eigenvalue weighted by atomic mass is 10.3. The van der Waals surface area contributed by atoms with E-state index in [4.69, 9.17) is 0 Å². The molecular weight excluding hydrogens is 326 g/mol. The van der Waals surface area contributed by atoms with Gasteiger partial charge in [0, 0.05) is 18.8 Å². The Hall–Kier alpha value is -1.44. The van der Waals surface area contributed by atoms with E-state index in [0.717, 1.165) is 32.2 Å². The first kappa shape index (κ1) is 18.9. The molecule has 1 aliphatic heterocycles. The highest BCUT2D eigenvalue weighted by Gasteiger charge is 2.27. The van der Waals surface area contributed by atoms with Gasteiger partial charge in [0.1, 0.15) is 0 Å². The third-order valence-corrected chi connectivity index (χ3v) is 6.02. The maximum absolute atomic E-state index is 12.6. The molecule has 7 heteroatoms. The summed E-state index contributed by atoms with van der Waals surface area (Å²) in [7, 11) is -1.55. The van der Waals surface area contributed by atoms with Gasteiger partial charge in [0.2, 0.25) is 15.9 Å². The van der Waals surface area contributed by atoms with Crippen molar-refractivity contribution in [2.24, 2.45) is 0 Å². The van der Waals surface area contributed by atoms with Crippen LogP contribution in [-0.2, 0) is 14.8 Å². The Balaban J connectivity index is 2.01. The van der Waals surface area contributed by atoms with E-state index in [9.17, 15) is 13.2 Å². The van der Waals surface area contributed by atoms with Crippen molar-refractivity contribution in [2.75, 3.05) is 38.5 Å². The van der Waals surface area contributed by atoms with Crippen LogP contribution in [0.5, 0.6) is 0 Å². The molecular formula is C17H27N3O3S. The number of likely N-dealkylation sites (N-methyl/N-ethyl adjacent to an activating group) is 1. The molecule has 1 aromatic rings. The zero-order valence-corrected chi connectivity index (χ0v) is 15.3. The Morgan fingerprint density at radius 2 is 2.00 bits per heavy atom. The standard InChI is InChI=1S/C17H27N3O3S/c1-3-4-10-19(2)14-17(21)18-15-8-7-9-16(13-15)24(22,23)20-11-5-6-12-20/h7-9,13H,3-6,10-12,14H2,1-2H3,(H,18,21). The molecule has 0 unspecified atom stereocenters. The molecule has 0 saturated carbocycles. The van der Waals surface area contributed by atoms with Gasteiger partial charge in [-0.3, -0.25) is 9.69 Å². The normalized spacial score (nSPS) is 15.8. The highest BCUT2D eigenvalue weighted by atomic mass is 32.2. The molecule has 24 heavy (non-hydrogen) atoms. The van der Waals surface area contributed by atoms with E-state index in [1.807, 2.05) is 11.9 Å². The van der Waals surface area contributed by atoms with Crippen LogP contribution in [0.4, 0.5) is 5.69 Å². The van der Waals surface area contributed by atoms with E-state index in [0.29, 0.717) is 25.3 Å². The average Bonchev–Trinajstić information content (AvgIpc) is 3.08. The van der Waals surface area contributed by atoms with Crippen LogP contribution in [0.25, 0.3) is 0 Å². The van der Waals surface area contributed by atoms with E-state index in [2.05, 4.69) is 12.2 Å². The van der Waals surface area contributed by atoms with Crippen molar-refractivity contribution in [3.8, 4) is 0 Å². The molecule has 6 nitrogen and oxygen atoms in total. The first-order chi connectivity index (χ1) is 11.4. The zero-order valence-electron chi connectivity index (χ0n) is 14.5. The molecule has 1 heterocycles. The molecule has 0 radical (unpaired) electrons. The Morgan fingerprint density at radius 1 is 1.29 bits per heavy atom. The van der Waals surface area contributed by atoms with Crippen molar-refractivity contribution in [1.29, 1.82) is 0 Å². The Bertz CT molecular complexity index is 655. The first-order valence-corrected chi connectivity index (χ1v) is 9.96. The predicted molar refractivity (Wildman–Crippen MR) is 95.5 cm³/mol. The Kier molecular flexibility index (Phi) is 6.77. The fraction of sp³-hybridized carbons (Fsp3) is 0.588. The van der Waals surface area contributed by atoms with Crippen LogP contribution in [0.2, 0.25) is 0 Å². The van der Waals surface area contributed by atoms with Crippen molar-refractivity contribution < 1.29 is 13.2 Å². The molecule has 1 N–H and O–H groups in total. The lowest BCUT2D eigenvalue weighted by molar-refractivity contribution is -0.117. The van der Waals surface area contributed by atoms with Crippen molar-refractivity contribution in [3.05, 3.63) is 24.3 Å². The smallest absolute Gasteiger partial charge is 0.243 e. The summed E-state index contributed by atoms with van der Waals surface area (Å²) in [5.41, 5.74) is 0.518. The second-order valence-corrected chi connectivity index (χ2v) is 8.22. The minimum atomic E-state index is -3.46. The number of carbonyl (C=O) groups excluding carboxylic acids is 1. The Labute approximate surface area is 144 Å². The van der Waals surface area contributed by atoms with Gasteiger partial charge in [0.05, 0.1) is 11.4 Å². The fourth-order valence-electron chi connectivity index (χ4n) is 2.76. The molecule has 2 rings (SSSR count). The van der Waals surface area contributed by atoms with Crippen LogP contribution in [0.15, 0.2) is 29.2 Å². The lowest BCUT2D eigenvalue weighted by Gasteiger charge is -2.17. The number of nitrogens with zero attached hydrogens (tertiary/aromatic N) is 2. The summed E-state index contributed by atoms with van der Waals surface area (Å²) in [5, 5.41) is 2.79. The van der Waals surface area contributed by atoms with E-state index in [1.165, 1.54) is 10.4 Å². The van der Waals surface area contributed by atoms with Crippen LogP contribution in [-0.4, -0.2) is 56.8 Å². The van der Waals surface area contributed by atoms with Gasteiger partial charge < -0.3 is 5.32 Å². The summed E-state index contributed by atoms with van der Waals surface area (Å²) in [6.45, 7) is 4.42. The van der Waals surface area contributed by atoms with Gasteiger partial charge in [-0.25, -0.2) is 8.42 Å². The third kappa shape index (κ3) is 5.03. The summed E-state index contributed by atoms with van der Waals surface area (Å²) < 4.78 is 26.7. The van der Waals surface area contributed by atoms with E-state index < -0.39 is 10.0 Å². The molecule has 1 fully saturated rings. The number of benzene rings is 1. The van der Waals surface area contributed by atoms with Crippen molar-refractivity contribution in [1.82, 2.24) is 9.21 Å². The first-order valence-electron chi connectivity index (χ1n) is 8.52. The van der Waals surface area contributed by atoms with E-state index >= 15 is 0 Å². The molecule has 0 atom stereocenters. The number of amides is 1. The minimum absolute atomic E-state index is 0.135. The van der Waals surface area contributed by atoms with E-state index in [-0.39, 0.29) is 10.8 Å². The highest BCUT2D eigenvalue weighted by molar-refractivity contribution is 7.89. The van der Waals surface area contributed by atoms with Gasteiger partial charge in [0.25, 0.3) is 0 Å². The molecule has 1 aliphatic rings. The van der Waals surface area contributed by atoms with Crippen LogP contribution in [0.3, 0.4) is 0 Å². The van der Waals surface area contributed by atoms with Gasteiger partial charge in [0.15, 0.2) is 0 Å². The van der Waals surface area contributed by atoms with Crippen molar-refractivity contribution in [3.63, 3.8) is 0 Å². The van der Waals surface area contributed by atoms with Gasteiger partial charge in [-0.1, -0.05) is 19.4 Å². The van der Waals surface area contributed by atoms with Gasteiger partial charge in [-0.2, -0.15) is 4.31 Å². The lowest BCUT2D eigenvalue weighted by Crippen LogP contribution is -2.31. The van der Waals surface area contributed by atoms with Gasteiger partial charge in [-0.15, -0.1) is 0 Å². The summed E-state index contributed by atoms with van der Waals surface area (Å²) in [6, 6.07) is 6.50. The molecule has 134 valence electrons. The second-order valence-electron chi connectivity index (χ2n) is 6.28. The van der Waals surface area contributed by atoms with Crippen LogP contribution in [0.1, 0.15) is 32.6 Å². The number of hydrogen-bond donors (Lipinski definition) is 1. The summed E-state index contributed by atoms with van der Waals surface area (Å²) in [4.78, 5) is 14.3. The Morgan fingerprint density at radius 3 is 2.67 bits per heavy atom. The number of rotatable bonds is 8. The maximum Gasteiger partial charge on any atom is 0.243 e. The number of hydrogen-bond acceptors (Lipinski definition) is 4. The SMILES string of the molecule is CCCCN(C)CC(=O)Nc1cccc(S(=O)(=O)N2CCCC2)c1. The average molecular weight is 353 g/mol. The monoisotopic (exact) mass is 353 g/mol. The topological polar surface area (TPSA) is 69.7 Å². The highest BCUT2D eigenvalue weighted by Crippen LogP contribution is 2.23. The van der Waals surface area contributed by atoms with Gasteiger partial charge in [-0.05, 0) is 51.1 Å². The number of sulfonamides is 1. The summed E-state index contributed by atoms with van der Waals surface area (Å²) >= 11 is 0. The largest absolute Gasteiger partial charge is 0.325 e. The zero-order chi connectivity index (χ0) is 17.6. The fourth-order valence-corrected chi connectivity index (χ4v) is 4.33. The number of nitrogens with one attached hydrogen (secondary N) is 1. The molecule has 1 aromatic carbocycles. The molecule has 1 amide bonds. The molecule has 0 spiro atoms. The maximum atomic E-state index is 12.6. The molecule has 0 bridgehead atoms. The molecule has 1 saturated heterocycles. The van der Waals surface area contributed by atoms with Crippen molar-refractivity contribution >= 4 is 21.6 Å². The second kappa shape index (κ2) is 8.60. The number of anilines is 1. The van der Waals surface area contributed by atoms with Crippen molar-refractivity contribution in [2.45, 2.75) is 37.5 Å². The third-order valence-electron chi connectivity index (χ3n) is 4.13. The molecule has 0 aromatic heterocycles. The van der Waals surface area contributed by atoms with Crippen LogP contribution >= 0.6 is 0 Å². The number of unbranched alkanes of at least 4 members (excludes halogenated alkanes) is 1.